The second kappa shape index (κ2) is 5.10. The van der Waals surface area contributed by atoms with Crippen molar-refractivity contribution in [2.24, 2.45) is 0 Å². The molecule has 1 heterocycles. The molecule has 2 aromatic rings. The molecule has 1 aromatic carbocycles. The molecular formula is C13H15ClN2O3S. The van der Waals surface area contributed by atoms with Gasteiger partial charge in [-0.1, -0.05) is 18.2 Å². The van der Waals surface area contributed by atoms with Crippen LogP contribution in [0.15, 0.2) is 29.2 Å². The Morgan fingerprint density at radius 3 is 2.45 bits per heavy atom. The van der Waals surface area contributed by atoms with Crippen molar-refractivity contribution in [2.75, 3.05) is 14.1 Å². The van der Waals surface area contributed by atoms with Crippen LogP contribution in [0.2, 0.25) is 0 Å². The van der Waals surface area contributed by atoms with Gasteiger partial charge in [-0.2, -0.15) is 0 Å². The lowest BCUT2D eigenvalue weighted by atomic mass is 10.2. The van der Waals surface area contributed by atoms with Gasteiger partial charge in [-0.15, -0.1) is 0 Å². The Balaban J connectivity index is 2.73. The second-order valence-electron chi connectivity index (χ2n) is 4.74. The molecular weight excluding hydrogens is 300 g/mol. The fraction of sp³-hybridized carbons (Fsp3) is 0.308. The summed E-state index contributed by atoms with van der Waals surface area (Å²) in [5, 5.41) is 0.534. The average Bonchev–Trinajstić information content (AvgIpc) is 2.62. The number of aromatic nitrogens is 1. The predicted molar refractivity (Wildman–Crippen MR) is 78.4 cm³/mol. The first-order valence-corrected chi connectivity index (χ1v) is 8.27. The van der Waals surface area contributed by atoms with Crippen molar-refractivity contribution in [1.29, 1.82) is 0 Å². The first-order chi connectivity index (χ1) is 9.23. The van der Waals surface area contributed by atoms with Crippen molar-refractivity contribution in [3.63, 3.8) is 0 Å². The minimum Gasteiger partial charge on any atom is -0.347 e. The van der Waals surface area contributed by atoms with Gasteiger partial charge < -0.3 is 9.47 Å². The minimum absolute atomic E-state index is 0.0707. The summed E-state index contributed by atoms with van der Waals surface area (Å²) in [6, 6.07) is 7.00. The van der Waals surface area contributed by atoms with Crippen LogP contribution < -0.4 is 0 Å². The van der Waals surface area contributed by atoms with Crippen molar-refractivity contribution < 1.29 is 13.2 Å². The molecule has 0 aliphatic heterocycles. The quantitative estimate of drug-likeness (QED) is 0.814. The van der Waals surface area contributed by atoms with Gasteiger partial charge in [0.15, 0.2) is 0 Å². The summed E-state index contributed by atoms with van der Waals surface area (Å²) in [5.41, 5.74) is 1.15. The summed E-state index contributed by atoms with van der Waals surface area (Å²) < 4.78 is 25.2. The van der Waals surface area contributed by atoms with Crippen molar-refractivity contribution in [3.8, 4) is 0 Å². The summed E-state index contributed by atoms with van der Waals surface area (Å²) in [6.45, 7) is 1.73. The highest BCUT2D eigenvalue weighted by atomic mass is 35.7. The lowest BCUT2D eigenvalue weighted by Gasteiger charge is -2.13. The second-order valence-corrected chi connectivity index (χ2v) is 7.25. The smallest absolute Gasteiger partial charge is 0.263 e. The molecule has 2 rings (SSSR count). The van der Waals surface area contributed by atoms with Crippen LogP contribution in [0.4, 0.5) is 0 Å². The van der Waals surface area contributed by atoms with Gasteiger partial charge in [-0.3, -0.25) is 4.79 Å². The molecule has 0 unspecified atom stereocenters. The van der Waals surface area contributed by atoms with Gasteiger partial charge in [0, 0.05) is 35.9 Å². The summed E-state index contributed by atoms with van der Waals surface area (Å²) in [7, 11) is 4.96. The minimum atomic E-state index is -3.87. The van der Waals surface area contributed by atoms with Crippen LogP contribution >= 0.6 is 10.7 Å². The number of likely N-dealkylation sites (N-methyl/N-ethyl adjacent to an activating group) is 1. The number of fused-ring (bicyclic) bond motifs is 1. The highest BCUT2D eigenvalue weighted by Crippen LogP contribution is 2.31. The molecule has 1 amide bonds. The van der Waals surface area contributed by atoms with E-state index in [2.05, 4.69) is 0 Å². The summed E-state index contributed by atoms with van der Waals surface area (Å²) in [5.74, 6) is -0.118. The molecule has 0 saturated carbocycles. The molecule has 20 heavy (non-hydrogen) atoms. The fourth-order valence-electron chi connectivity index (χ4n) is 2.19. The van der Waals surface area contributed by atoms with E-state index >= 15 is 0 Å². The summed E-state index contributed by atoms with van der Waals surface area (Å²) in [4.78, 5) is 13.4. The number of nitrogens with zero attached hydrogens (tertiary/aromatic N) is 2. The van der Waals surface area contributed by atoms with Crippen LogP contribution in [-0.2, 0) is 20.4 Å². The maximum atomic E-state index is 11.9. The van der Waals surface area contributed by atoms with Gasteiger partial charge in [-0.25, -0.2) is 8.42 Å². The molecule has 108 valence electrons. The average molecular weight is 315 g/mol. The van der Waals surface area contributed by atoms with E-state index in [0.717, 1.165) is 0 Å². The Morgan fingerprint density at radius 1 is 1.30 bits per heavy atom. The topological polar surface area (TPSA) is 59.4 Å². The van der Waals surface area contributed by atoms with E-state index in [0.29, 0.717) is 16.6 Å². The van der Waals surface area contributed by atoms with Crippen LogP contribution in [0.3, 0.4) is 0 Å². The third-order valence-electron chi connectivity index (χ3n) is 3.21. The molecule has 0 radical (unpaired) electrons. The van der Waals surface area contributed by atoms with E-state index in [1.807, 2.05) is 0 Å². The van der Waals surface area contributed by atoms with E-state index < -0.39 is 9.05 Å². The first kappa shape index (κ1) is 14.9. The zero-order valence-electron chi connectivity index (χ0n) is 11.4. The van der Waals surface area contributed by atoms with Gasteiger partial charge in [0.2, 0.25) is 5.91 Å². The van der Waals surface area contributed by atoms with E-state index in [-0.39, 0.29) is 17.3 Å². The molecule has 1 aromatic heterocycles. The zero-order valence-corrected chi connectivity index (χ0v) is 13.0. The number of para-hydroxylation sites is 1. The number of hydrogen-bond acceptors (Lipinski definition) is 3. The number of halogens is 1. The Hall–Kier alpha value is -1.53. The molecule has 7 heteroatoms. The molecule has 0 N–H and O–H groups in total. The van der Waals surface area contributed by atoms with E-state index in [1.54, 1.807) is 49.9 Å². The third-order valence-corrected chi connectivity index (χ3v) is 4.67. The van der Waals surface area contributed by atoms with Gasteiger partial charge in [0.25, 0.3) is 9.05 Å². The molecule has 0 aliphatic rings. The number of carbonyl (C=O) groups is 1. The van der Waals surface area contributed by atoms with Crippen LogP contribution in [0.25, 0.3) is 10.9 Å². The molecule has 0 atom stereocenters. The van der Waals surface area contributed by atoms with Crippen LogP contribution in [0.1, 0.15) is 5.69 Å². The van der Waals surface area contributed by atoms with Gasteiger partial charge in [0.1, 0.15) is 11.4 Å². The van der Waals surface area contributed by atoms with E-state index in [4.69, 9.17) is 10.7 Å². The Bertz CT molecular complexity index is 778. The van der Waals surface area contributed by atoms with Crippen molar-refractivity contribution in [2.45, 2.75) is 18.4 Å². The molecule has 0 saturated heterocycles. The van der Waals surface area contributed by atoms with Crippen molar-refractivity contribution in [1.82, 2.24) is 9.47 Å². The van der Waals surface area contributed by atoms with Crippen molar-refractivity contribution in [3.05, 3.63) is 30.0 Å². The Morgan fingerprint density at radius 2 is 1.90 bits per heavy atom. The van der Waals surface area contributed by atoms with Crippen molar-refractivity contribution >= 4 is 36.5 Å². The molecule has 5 nitrogen and oxygen atoms in total. The van der Waals surface area contributed by atoms with Gasteiger partial charge in [0.05, 0.1) is 5.52 Å². The number of carbonyl (C=O) groups excluding carboxylic acids is 1. The van der Waals surface area contributed by atoms with Gasteiger partial charge >= 0.3 is 0 Å². The van der Waals surface area contributed by atoms with Crippen LogP contribution in [0.5, 0.6) is 0 Å². The Kier molecular flexibility index (Phi) is 3.80. The fourth-order valence-corrected chi connectivity index (χ4v) is 3.67. The highest BCUT2D eigenvalue weighted by Gasteiger charge is 2.24. The maximum Gasteiger partial charge on any atom is 0.263 e. The van der Waals surface area contributed by atoms with Crippen LogP contribution in [0, 0.1) is 6.92 Å². The maximum absolute atomic E-state index is 11.9. The number of amides is 1. The number of benzene rings is 1. The summed E-state index contributed by atoms with van der Waals surface area (Å²) >= 11 is 0. The largest absolute Gasteiger partial charge is 0.347 e. The highest BCUT2D eigenvalue weighted by molar-refractivity contribution is 8.14. The Labute approximate surface area is 122 Å². The third kappa shape index (κ3) is 2.53. The lowest BCUT2D eigenvalue weighted by Crippen LogP contribution is -2.26. The normalized spacial score (nSPS) is 11.8. The van der Waals surface area contributed by atoms with E-state index in [1.165, 1.54) is 4.90 Å². The number of hydrogen-bond donors (Lipinski definition) is 0. The molecule has 0 aliphatic carbocycles. The van der Waals surface area contributed by atoms with E-state index in [9.17, 15) is 13.2 Å². The standard InChI is InChI=1S/C13H15ClN2O3S/c1-9-13(20(14,18)19)10-6-4-5-7-11(10)16(9)8-12(17)15(2)3/h4-7H,8H2,1-3H3. The van der Waals surface area contributed by atoms with Crippen LogP contribution in [-0.4, -0.2) is 37.9 Å². The monoisotopic (exact) mass is 314 g/mol. The molecule has 0 fully saturated rings. The summed E-state index contributed by atoms with van der Waals surface area (Å²) in [6.07, 6.45) is 0. The molecule has 0 bridgehead atoms. The number of rotatable bonds is 3. The lowest BCUT2D eigenvalue weighted by molar-refractivity contribution is -0.129. The van der Waals surface area contributed by atoms with Gasteiger partial charge in [-0.05, 0) is 13.0 Å². The SMILES string of the molecule is Cc1c(S(=O)(=O)Cl)c2ccccc2n1CC(=O)N(C)C. The first-order valence-electron chi connectivity index (χ1n) is 5.96. The molecule has 0 spiro atoms. The zero-order chi connectivity index (χ0) is 15.1. The predicted octanol–water partition coefficient (Wildman–Crippen LogP) is 1.97.